The molecule has 1 aliphatic rings. The molecule has 1 amide bonds. The van der Waals surface area contributed by atoms with Crippen molar-refractivity contribution in [3.63, 3.8) is 0 Å². The number of carbonyl (C=O) groups is 1. The molecule has 2 heterocycles. The number of hydrogen-bond donors (Lipinski definition) is 2. The third-order valence-electron chi connectivity index (χ3n) is 3.19. The number of rotatable bonds is 2. The van der Waals surface area contributed by atoms with Crippen molar-refractivity contribution in [1.82, 2.24) is 15.2 Å². The van der Waals surface area contributed by atoms with E-state index in [1.165, 1.54) is 0 Å². The zero-order chi connectivity index (χ0) is 14.8. The highest BCUT2D eigenvalue weighted by Gasteiger charge is 2.32. The van der Waals surface area contributed by atoms with Gasteiger partial charge in [0.2, 0.25) is 0 Å². The van der Waals surface area contributed by atoms with E-state index in [0.717, 1.165) is 12.1 Å². The van der Waals surface area contributed by atoms with Gasteiger partial charge < -0.3 is 16.0 Å². The third-order valence-corrected chi connectivity index (χ3v) is 3.19. The van der Waals surface area contributed by atoms with Crippen molar-refractivity contribution in [2.75, 3.05) is 26.2 Å². The predicted molar refractivity (Wildman–Crippen MR) is 66.0 cm³/mol. The molecule has 1 saturated heterocycles. The Morgan fingerprint density at radius 2 is 2.25 bits per heavy atom. The quantitative estimate of drug-likeness (QED) is 0.830. The van der Waals surface area contributed by atoms with Gasteiger partial charge in [0.1, 0.15) is 5.69 Å². The second-order valence-corrected chi connectivity index (χ2v) is 4.52. The molecular weight excluding hydrogens is 273 g/mol. The molecule has 1 aromatic heterocycles. The highest BCUT2D eigenvalue weighted by Crippen LogP contribution is 2.28. The number of piperazine rings is 1. The first-order valence-corrected chi connectivity index (χ1v) is 6.18. The van der Waals surface area contributed by atoms with Crippen molar-refractivity contribution in [3.05, 3.63) is 29.6 Å². The number of nitrogens with two attached hydrogens (primary N) is 1. The molecule has 0 aromatic carbocycles. The predicted octanol–water partition coefficient (Wildman–Crippen LogP) is 0.473. The van der Waals surface area contributed by atoms with Crippen LogP contribution in [0.4, 0.5) is 13.2 Å². The minimum Gasteiger partial charge on any atom is -0.331 e. The summed E-state index contributed by atoms with van der Waals surface area (Å²) in [5, 5.41) is 3.11. The molecular formula is C12H15F3N4O. The van der Waals surface area contributed by atoms with Gasteiger partial charge in [-0.05, 0) is 12.1 Å². The van der Waals surface area contributed by atoms with E-state index < -0.39 is 17.6 Å². The lowest BCUT2D eigenvalue weighted by atomic mass is 10.1. The van der Waals surface area contributed by atoms with Crippen LogP contribution < -0.4 is 11.1 Å². The van der Waals surface area contributed by atoms with Crippen molar-refractivity contribution in [2.45, 2.75) is 12.2 Å². The number of alkyl halides is 3. The number of nitrogens with one attached hydrogen (secondary N) is 1. The van der Waals surface area contributed by atoms with Crippen LogP contribution in [-0.2, 0) is 6.18 Å². The maximum atomic E-state index is 12.4. The fraction of sp³-hybridized carbons (Fsp3) is 0.500. The van der Waals surface area contributed by atoms with Crippen LogP contribution in [0.1, 0.15) is 16.1 Å². The van der Waals surface area contributed by atoms with E-state index in [4.69, 9.17) is 5.73 Å². The molecule has 1 atom stereocenters. The monoisotopic (exact) mass is 288 g/mol. The Kier molecular flexibility index (Phi) is 4.24. The minimum atomic E-state index is -4.45. The van der Waals surface area contributed by atoms with E-state index in [0.29, 0.717) is 32.4 Å². The topological polar surface area (TPSA) is 71.2 Å². The van der Waals surface area contributed by atoms with E-state index in [2.05, 4.69) is 10.3 Å². The van der Waals surface area contributed by atoms with Crippen LogP contribution >= 0.6 is 0 Å². The highest BCUT2D eigenvalue weighted by atomic mass is 19.4. The van der Waals surface area contributed by atoms with Gasteiger partial charge in [-0.1, -0.05) is 0 Å². The van der Waals surface area contributed by atoms with Gasteiger partial charge >= 0.3 is 6.18 Å². The number of aromatic nitrogens is 1. The largest absolute Gasteiger partial charge is 0.417 e. The Bertz CT molecular complexity index is 475. The Morgan fingerprint density at radius 1 is 1.50 bits per heavy atom. The molecule has 0 bridgehead atoms. The summed E-state index contributed by atoms with van der Waals surface area (Å²) in [5.74, 6) is -0.393. The van der Waals surface area contributed by atoms with Gasteiger partial charge in [0.05, 0.1) is 11.6 Å². The number of amides is 1. The third kappa shape index (κ3) is 3.07. The lowest BCUT2D eigenvalue weighted by molar-refractivity contribution is -0.137. The summed E-state index contributed by atoms with van der Waals surface area (Å²) in [6.07, 6.45) is -3.78. The van der Waals surface area contributed by atoms with E-state index in [1.54, 1.807) is 4.90 Å². The van der Waals surface area contributed by atoms with Crippen molar-refractivity contribution in [3.8, 4) is 0 Å². The molecule has 110 valence electrons. The molecule has 1 aliphatic heterocycles. The number of carbonyl (C=O) groups excluding carboxylic acids is 1. The molecule has 8 heteroatoms. The first-order chi connectivity index (χ1) is 9.43. The second kappa shape index (κ2) is 5.76. The van der Waals surface area contributed by atoms with Crippen LogP contribution in [0.15, 0.2) is 18.3 Å². The Labute approximate surface area is 114 Å². The van der Waals surface area contributed by atoms with Crippen molar-refractivity contribution in [1.29, 1.82) is 0 Å². The smallest absolute Gasteiger partial charge is 0.331 e. The van der Waals surface area contributed by atoms with Crippen LogP contribution in [0.2, 0.25) is 0 Å². The summed E-state index contributed by atoms with van der Waals surface area (Å²) >= 11 is 0. The fourth-order valence-corrected chi connectivity index (χ4v) is 2.07. The van der Waals surface area contributed by atoms with Crippen molar-refractivity contribution in [2.24, 2.45) is 5.73 Å². The number of nitrogens with zero attached hydrogens (tertiary/aromatic N) is 2. The average molecular weight is 288 g/mol. The van der Waals surface area contributed by atoms with Crippen LogP contribution in [0.5, 0.6) is 0 Å². The number of hydrogen-bond acceptors (Lipinski definition) is 4. The zero-order valence-electron chi connectivity index (χ0n) is 10.7. The van der Waals surface area contributed by atoms with Gasteiger partial charge in [-0.2, -0.15) is 13.2 Å². The van der Waals surface area contributed by atoms with Gasteiger partial charge in [0, 0.05) is 32.4 Å². The molecule has 20 heavy (non-hydrogen) atoms. The van der Waals surface area contributed by atoms with E-state index in [9.17, 15) is 18.0 Å². The van der Waals surface area contributed by atoms with Crippen LogP contribution in [0, 0.1) is 0 Å². The zero-order valence-corrected chi connectivity index (χ0v) is 10.7. The van der Waals surface area contributed by atoms with E-state index in [-0.39, 0.29) is 11.7 Å². The molecule has 0 spiro atoms. The number of halogens is 3. The molecule has 2 rings (SSSR count). The highest BCUT2D eigenvalue weighted by molar-refractivity contribution is 5.92. The SMILES string of the molecule is NCC1CNCCN1C(=O)c1ccc(C(F)(F)F)cn1. The number of pyridine rings is 1. The average Bonchev–Trinajstić information content (AvgIpc) is 2.45. The molecule has 5 nitrogen and oxygen atoms in total. The summed E-state index contributed by atoms with van der Waals surface area (Å²) in [6.45, 7) is 1.95. The molecule has 3 N–H and O–H groups in total. The second-order valence-electron chi connectivity index (χ2n) is 4.52. The molecule has 1 unspecified atom stereocenters. The fourth-order valence-electron chi connectivity index (χ4n) is 2.07. The molecule has 1 aromatic rings. The summed E-state index contributed by atoms with van der Waals surface area (Å²) < 4.78 is 37.3. The lowest BCUT2D eigenvalue weighted by Gasteiger charge is -2.35. The molecule has 1 fully saturated rings. The van der Waals surface area contributed by atoms with Crippen molar-refractivity contribution >= 4 is 5.91 Å². The van der Waals surface area contributed by atoms with E-state index >= 15 is 0 Å². The Morgan fingerprint density at radius 3 is 2.80 bits per heavy atom. The van der Waals surface area contributed by atoms with Gasteiger partial charge in [-0.3, -0.25) is 9.78 Å². The van der Waals surface area contributed by atoms with E-state index in [1.807, 2.05) is 0 Å². The summed E-state index contributed by atoms with van der Waals surface area (Å²) in [7, 11) is 0. The Balaban J connectivity index is 2.16. The lowest BCUT2D eigenvalue weighted by Crippen LogP contribution is -2.56. The minimum absolute atomic E-state index is 0.00153. The maximum Gasteiger partial charge on any atom is 0.417 e. The summed E-state index contributed by atoms with van der Waals surface area (Å²) in [4.78, 5) is 17.4. The van der Waals surface area contributed by atoms with Crippen LogP contribution in [-0.4, -0.2) is 48.0 Å². The van der Waals surface area contributed by atoms with Crippen LogP contribution in [0.3, 0.4) is 0 Å². The van der Waals surface area contributed by atoms with Crippen molar-refractivity contribution < 1.29 is 18.0 Å². The normalized spacial score (nSPS) is 20.0. The summed E-state index contributed by atoms with van der Waals surface area (Å²) in [5.41, 5.74) is 4.72. The standard InChI is InChI=1S/C12H15F3N4O/c13-12(14,15)8-1-2-10(18-6-8)11(20)19-4-3-17-7-9(19)5-16/h1-2,6,9,17H,3-5,7,16H2. The van der Waals surface area contributed by atoms with Gasteiger partial charge in [-0.25, -0.2) is 0 Å². The van der Waals surface area contributed by atoms with Gasteiger partial charge in [0.15, 0.2) is 0 Å². The van der Waals surface area contributed by atoms with Gasteiger partial charge in [-0.15, -0.1) is 0 Å². The summed E-state index contributed by atoms with van der Waals surface area (Å²) in [6, 6.07) is 1.79. The molecule has 0 aliphatic carbocycles. The molecule has 0 radical (unpaired) electrons. The van der Waals surface area contributed by atoms with Crippen LogP contribution in [0.25, 0.3) is 0 Å². The first kappa shape index (κ1) is 14.7. The first-order valence-electron chi connectivity index (χ1n) is 6.18. The molecule has 0 saturated carbocycles. The van der Waals surface area contributed by atoms with Gasteiger partial charge in [0.25, 0.3) is 5.91 Å². The Hall–Kier alpha value is -1.67. The maximum absolute atomic E-state index is 12.4.